The van der Waals surface area contributed by atoms with Crippen molar-refractivity contribution in [1.82, 2.24) is 0 Å². The van der Waals surface area contributed by atoms with Gasteiger partial charge in [-0.15, -0.1) is 11.3 Å². The van der Waals surface area contributed by atoms with Crippen molar-refractivity contribution >= 4 is 50.5 Å². The van der Waals surface area contributed by atoms with E-state index in [4.69, 9.17) is 27.0 Å². The summed E-state index contributed by atoms with van der Waals surface area (Å²) < 4.78 is 18.5. The Kier molecular flexibility index (Phi) is 5.08. The summed E-state index contributed by atoms with van der Waals surface area (Å²) in [6.45, 7) is 0.692. The number of nitrogens with zero attached hydrogens (tertiary/aromatic N) is 1. The normalized spacial score (nSPS) is 11.7. The van der Waals surface area contributed by atoms with Crippen LogP contribution in [0.3, 0.4) is 0 Å². The lowest BCUT2D eigenvalue weighted by molar-refractivity contribution is -0.122. The number of ether oxygens (including phenoxy) is 1. The number of esters is 1. The molecule has 2 rings (SSSR count). The molecule has 1 aromatic carbocycles. The molecule has 0 radical (unpaired) electrons. The van der Waals surface area contributed by atoms with Gasteiger partial charge < -0.3 is 10.1 Å². The number of benzene rings is 1. The van der Waals surface area contributed by atoms with E-state index in [0.717, 1.165) is 11.3 Å². The average Bonchev–Trinajstić information content (AvgIpc) is 2.81. The van der Waals surface area contributed by atoms with Gasteiger partial charge in [-0.3, -0.25) is 4.79 Å². The van der Waals surface area contributed by atoms with E-state index < -0.39 is 30.1 Å². The molecule has 0 fully saturated rings. The standard InChI is InChI=1S/C15H10ClFN2O3S/c1-7(19)10(5-18)11(20)6-22-15(21)14-13(16)9-3-2-8(17)4-12(9)23-14/h2-4,10,19H,6H2,1H3. The van der Waals surface area contributed by atoms with Gasteiger partial charge in [0.05, 0.1) is 11.1 Å². The van der Waals surface area contributed by atoms with Crippen molar-refractivity contribution in [2.75, 3.05) is 6.61 Å². The van der Waals surface area contributed by atoms with Crippen LogP contribution >= 0.6 is 22.9 Å². The van der Waals surface area contributed by atoms with Gasteiger partial charge in [0.15, 0.2) is 12.4 Å². The first-order chi connectivity index (χ1) is 10.8. The molecule has 0 aliphatic carbocycles. The summed E-state index contributed by atoms with van der Waals surface area (Å²) in [6.07, 6.45) is 0. The molecule has 8 heteroatoms. The average molecular weight is 353 g/mol. The summed E-state index contributed by atoms with van der Waals surface area (Å²) in [5.74, 6) is -3.21. The van der Waals surface area contributed by atoms with E-state index in [2.05, 4.69) is 0 Å². The molecule has 118 valence electrons. The maximum Gasteiger partial charge on any atom is 0.350 e. The number of Topliss-reactive ketones (excluding diaryl/α,β-unsaturated/α-hetero) is 1. The lowest BCUT2D eigenvalue weighted by atomic mass is 10.0. The number of nitrogens with one attached hydrogen (secondary N) is 1. The number of ketones is 1. The minimum atomic E-state index is -1.24. The summed E-state index contributed by atoms with van der Waals surface area (Å²) in [7, 11) is 0. The van der Waals surface area contributed by atoms with Gasteiger partial charge in [0.2, 0.25) is 0 Å². The zero-order valence-electron chi connectivity index (χ0n) is 11.9. The van der Waals surface area contributed by atoms with Gasteiger partial charge >= 0.3 is 5.97 Å². The van der Waals surface area contributed by atoms with Crippen LogP contribution in [0.4, 0.5) is 4.39 Å². The second-order valence-electron chi connectivity index (χ2n) is 4.67. The van der Waals surface area contributed by atoms with Crippen molar-refractivity contribution in [2.45, 2.75) is 6.92 Å². The second kappa shape index (κ2) is 6.86. The highest BCUT2D eigenvalue weighted by atomic mass is 35.5. The highest BCUT2D eigenvalue weighted by molar-refractivity contribution is 7.21. The number of rotatable bonds is 5. The van der Waals surface area contributed by atoms with E-state index in [1.165, 1.54) is 25.1 Å². The number of fused-ring (bicyclic) bond motifs is 1. The zero-order valence-corrected chi connectivity index (χ0v) is 13.4. The Bertz CT molecular complexity index is 856. The number of halogens is 2. The van der Waals surface area contributed by atoms with Gasteiger partial charge in [-0.05, 0) is 25.1 Å². The van der Waals surface area contributed by atoms with E-state index in [9.17, 15) is 14.0 Å². The van der Waals surface area contributed by atoms with Crippen molar-refractivity contribution in [1.29, 1.82) is 10.7 Å². The van der Waals surface area contributed by atoms with Crippen molar-refractivity contribution in [2.24, 2.45) is 5.92 Å². The minimum absolute atomic E-state index is 0.0557. The van der Waals surface area contributed by atoms with Crippen LogP contribution in [0.25, 0.3) is 10.1 Å². The molecular formula is C15H10ClFN2O3S. The molecule has 1 heterocycles. The van der Waals surface area contributed by atoms with Gasteiger partial charge in [0.25, 0.3) is 0 Å². The molecule has 0 amide bonds. The van der Waals surface area contributed by atoms with Crippen LogP contribution in [0.1, 0.15) is 16.6 Å². The predicted molar refractivity (Wildman–Crippen MR) is 84.6 cm³/mol. The molecule has 0 saturated heterocycles. The molecule has 0 spiro atoms. The lowest BCUT2D eigenvalue weighted by Gasteiger charge is -2.06. The third kappa shape index (κ3) is 3.55. The second-order valence-corrected chi connectivity index (χ2v) is 6.10. The molecule has 0 bridgehead atoms. The molecule has 1 aromatic heterocycles. The molecule has 5 nitrogen and oxygen atoms in total. The summed E-state index contributed by atoms with van der Waals surface area (Å²) in [4.78, 5) is 23.8. The molecule has 0 saturated carbocycles. The fourth-order valence-electron chi connectivity index (χ4n) is 1.87. The SMILES string of the molecule is CC(=N)C(C#N)C(=O)COC(=O)c1sc2cc(F)ccc2c1Cl. The quantitative estimate of drug-likeness (QED) is 0.657. The van der Waals surface area contributed by atoms with E-state index in [0.29, 0.717) is 10.1 Å². The van der Waals surface area contributed by atoms with Crippen molar-refractivity contribution in [3.05, 3.63) is 33.9 Å². The Morgan fingerprint density at radius 3 is 2.83 bits per heavy atom. The summed E-state index contributed by atoms with van der Waals surface area (Å²) >= 11 is 7.03. The van der Waals surface area contributed by atoms with E-state index in [1.807, 2.05) is 0 Å². The Morgan fingerprint density at radius 1 is 1.52 bits per heavy atom. The maximum atomic E-state index is 13.2. The number of carbonyl (C=O) groups excluding carboxylic acids is 2. The van der Waals surface area contributed by atoms with Crippen molar-refractivity contribution < 1.29 is 18.7 Å². The van der Waals surface area contributed by atoms with Crippen molar-refractivity contribution in [3.63, 3.8) is 0 Å². The van der Waals surface area contributed by atoms with Crippen LogP contribution in [0.15, 0.2) is 18.2 Å². The van der Waals surface area contributed by atoms with Crippen LogP contribution in [0, 0.1) is 28.5 Å². The molecular weight excluding hydrogens is 343 g/mol. The van der Waals surface area contributed by atoms with Crippen LogP contribution in [0.5, 0.6) is 0 Å². The van der Waals surface area contributed by atoms with Crippen LogP contribution in [-0.2, 0) is 9.53 Å². The molecule has 23 heavy (non-hydrogen) atoms. The first kappa shape index (κ1) is 17.1. The Balaban J connectivity index is 2.16. The highest BCUT2D eigenvalue weighted by Crippen LogP contribution is 2.36. The van der Waals surface area contributed by atoms with Crippen LogP contribution < -0.4 is 0 Å². The molecule has 1 N–H and O–H groups in total. The first-order valence-electron chi connectivity index (χ1n) is 6.37. The molecule has 0 aliphatic rings. The van der Waals surface area contributed by atoms with Crippen molar-refractivity contribution in [3.8, 4) is 6.07 Å². The van der Waals surface area contributed by atoms with Gasteiger partial charge in [-0.1, -0.05) is 11.6 Å². The Morgan fingerprint density at radius 2 is 2.22 bits per heavy atom. The fourth-order valence-corrected chi connectivity index (χ4v) is 3.29. The monoisotopic (exact) mass is 352 g/mol. The summed E-state index contributed by atoms with van der Waals surface area (Å²) in [6, 6.07) is 5.60. The molecule has 2 aromatic rings. The van der Waals surface area contributed by atoms with Gasteiger partial charge in [0.1, 0.15) is 16.6 Å². The topological polar surface area (TPSA) is 91.0 Å². The van der Waals surface area contributed by atoms with Crippen LogP contribution in [0.2, 0.25) is 5.02 Å². The first-order valence-corrected chi connectivity index (χ1v) is 7.56. The van der Waals surface area contributed by atoms with E-state index in [-0.39, 0.29) is 15.6 Å². The Hall–Kier alpha value is -2.30. The zero-order chi connectivity index (χ0) is 17.1. The number of hydrogen-bond acceptors (Lipinski definition) is 6. The predicted octanol–water partition coefficient (Wildman–Crippen LogP) is 3.60. The van der Waals surface area contributed by atoms with E-state index >= 15 is 0 Å². The smallest absolute Gasteiger partial charge is 0.350 e. The molecule has 1 unspecified atom stereocenters. The van der Waals surface area contributed by atoms with Gasteiger partial charge in [-0.25, -0.2) is 9.18 Å². The number of thiophene rings is 1. The van der Waals surface area contributed by atoms with Gasteiger partial charge in [-0.2, -0.15) is 5.26 Å². The molecule has 0 aliphatic heterocycles. The Labute approximate surface area is 139 Å². The number of nitriles is 1. The molecule has 1 atom stereocenters. The maximum absolute atomic E-state index is 13.2. The highest BCUT2D eigenvalue weighted by Gasteiger charge is 2.24. The van der Waals surface area contributed by atoms with E-state index in [1.54, 1.807) is 6.07 Å². The fraction of sp³-hybridized carbons (Fsp3) is 0.200. The summed E-state index contributed by atoms with van der Waals surface area (Å²) in [5, 5.41) is 16.8. The van der Waals surface area contributed by atoms with Gasteiger partial charge in [0, 0.05) is 15.8 Å². The summed E-state index contributed by atoms with van der Waals surface area (Å²) in [5.41, 5.74) is -0.121. The number of hydrogen-bond donors (Lipinski definition) is 1. The lowest BCUT2D eigenvalue weighted by Crippen LogP contribution is -2.25. The number of carbonyl (C=O) groups is 2. The third-order valence-corrected chi connectivity index (χ3v) is 4.64. The van der Waals surface area contributed by atoms with Crippen LogP contribution in [-0.4, -0.2) is 24.1 Å². The third-order valence-electron chi connectivity index (χ3n) is 3.01. The largest absolute Gasteiger partial charge is 0.453 e. The minimum Gasteiger partial charge on any atom is -0.453 e.